The van der Waals surface area contributed by atoms with Gasteiger partial charge in [0.1, 0.15) is 0 Å². The standard InChI is InChI=1S/C11H21NO3/c13-7-2-1-5-12-6-3-4-11(10-12)14-8-9-15-11/h13H,1-10H2. The molecule has 15 heavy (non-hydrogen) atoms. The molecule has 0 unspecified atom stereocenters. The molecule has 88 valence electrons. The molecule has 2 fully saturated rings. The molecule has 4 nitrogen and oxygen atoms in total. The quantitative estimate of drug-likeness (QED) is 0.697. The van der Waals surface area contributed by atoms with Crippen molar-refractivity contribution in [2.24, 2.45) is 0 Å². The van der Waals surface area contributed by atoms with Crippen molar-refractivity contribution >= 4 is 0 Å². The Labute approximate surface area is 91.2 Å². The zero-order chi connectivity index (χ0) is 10.6. The number of unbranched alkanes of at least 4 members (excludes halogenated alkanes) is 1. The zero-order valence-electron chi connectivity index (χ0n) is 9.28. The van der Waals surface area contributed by atoms with Crippen LogP contribution in [0, 0.1) is 0 Å². The molecule has 0 aliphatic carbocycles. The summed E-state index contributed by atoms with van der Waals surface area (Å²) in [5, 5.41) is 8.73. The maximum atomic E-state index is 8.73. The number of rotatable bonds is 4. The minimum absolute atomic E-state index is 0.294. The molecule has 2 rings (SSSR count). The van der Waals surface area contributed by atoms with Gasteiger partial charge in [0.25, 0.3) is 0 Å². The van der Waals surface area contributed by atoms with Crippen LogP contribution in [0.4, 0.5) is 0 Å². The monoisotopic (exact) mass is 215 g/mol. The average molecular weight is 215 g/mol. The van der Waals surface area contributed by atoms with Gasteiger partial charge < -0.3 is 14.6 Å². The van der Waals surface area contributed by atoms with Crippen molar-refractivity contribution in [1.29, 1.82) is 0 Å². The minimum atomic E-state index is -0.294. The van der Waals surface area contributed by atoms with Gasteiger partial charge in [0, 0.05) is 13.0 Å². The fraction of sp³-hybridized carbons (Fsp3) is 1.00. The zero-order valence-corrected chi connectivity index (χ0v) is 9.28. The molecule has 1 N–H and O–H groups in total. The van der Waals surface area contributed by atoms with E-state index in [2.05, 4.69) is 4.90 Å². The highest BCUT2D eigenvalue weighted by Crippen LogP contribution is 2.29. The second kappa shape index (κ2) is 5.25. The lowest BCUT2D eigenvalue weighted by Crippen LogP contribution is -2.49. The highest BCUT2D eigenvalue weighted by Gasteiger charge is 2.40. The van der Waals surface area contributed by atoms with E-state index in [9.17, 15) is 0 Å². The third-order valence-electron chi connectivity index (χ3n) is 3.19. The normalized spacial score (nSPS) is 26.2. The number of likely N-dealkylation sites (tertiary alicyclic amines) is 1. The molecular formula is C11H21NO3. The van der Waals surface area contributed by atoms with E-state index in [1.165, 1.54) is 0 Å². The van der Waals surface area contributed by atoms with Crippen LogP contribution in [0.5, 0.6) is 0 Å². The summed E-state index contributed by atoms with van der Waals surface area (Å²) in [6, 6.07) is 0. The Morgan fingerprint density at radius 1 is 1.20 bits per heavy atom. The number of hydrogen-bond acceptors (Lipinski definition) is 4. The first-order valence-electron chi connectivity index (χ1n) is 5.96. The lowest BCUT2D eigenvalue weighted by molar-refractivity contribution is -0.189. The van der Waals surface area contributed by atoms with Gasteiger partial charge in [-0.25, -0.2) is 0 Å². The first-order valence-corrected chi connectivity index (χ1v) is 5.96. The number of piperidine rings is 1. The summed E-state index contributed by atoms with van der Waals surface area (Å²) >= 11 is 0. The van der Waals surface area contributed by atoms with E-state index in [1.54, 1.807) is 0 Å². The van der Waals surface area contributed by atoms with Crippen molar-refractivity contribution in [3.63, 3.8) is 0 Å². The molecule has 0 saturated carbocycles. The summed E-state index contributed by atoms with van der Waals surface area (Å²) in [4.78, 5) is 2.39. The van der Waals surface area contributed by atoms with Crippen LogP contribution in [0.15, 0.2) is 0 Å². The minimum Gasteiger partial charge on any atom is -0.396 e. The Kier molecular flexibility index (Phi) is 3.97. The highest BCUT2D eigenvalue weighted by atomic mass is 16.7. The van der Waals surface area contributed by atoms with E-state index in [1.807, 2.05) is 0 Å². The van der Waals surface area contributed by atoms with Crippen LogP contribution < -0.4 is 0 Å². The van der Waals surface area contributed by atoms with Gasteiger partial charge in [-0.3, -0.25) is 4.90 Å². The van der Waals surface area contributed by atoms with Crippen molar-refractivity contribution in [1.82, 2.24) is 4.90 Å². The first-order chi connectivity index (χ1) is 7.35. The first kappa shape index (κ1) is 11.3. The lowest BCUT2D eigenvalue weighted by atomic mass is 10.0. The molecule has 4 heteroatoms. The fourth-order valence-electron chi connectivity index (χ4n) is 2.44. The Bertz CT molecular complexity index is 192. The average Bonchev–Trinajstić information content (AvgIpc) is 2.67. The Morgan fingerprint density at radius 2 is 2.00 bits per heavy atom. The predicted octanol–water partition coefficient (Wildman–Crippen LogP) is 0.598. The Morgan fingerprint density at radius 3 is 2.73 bits per heavy atom. The van der Waals surface area contributed by atoms with E-state index in [0.717, 1.165) is 58.5 Å². The van der Waals surface area contributed by atoms with Gasteiger partial charge in [0.2, 0.25) is 0 Å². The molecular weight excluding hydrogens is 194 g/mol. The molecule has 2 saturated heterocycles. The number of aliphatic hydroxyl groups is 1. The van der Waals surface area contributed by atoms with Gasteiger partial charge in [0.15, 0.2) is 5.79 Å². The van der Waals surface area contributed by atoms with Gasteiger partial charge >= 0.3 is 0 Å². The van der Waals surface area contributed by atoms with Crippen molar-refractivity contribution < 1.29 is 14.6 Å². The SMILES string of the molecule is OCCCCN1CCCC2(C1)OCCO2. The lowest BCUT2D eigenvalue weighted by Gasteiger charge is -2.38. The van der Waals surface area contributed by atoms with E-state index in [4.69, 9.17) is 14.6 Å². The highest BCUT2D eigenvalue weighted by molar-refractivity contribution is 4.83. The van der Waals surface area contributed by atoms with Crippen LogP contribution in [0.1, 0.15) is 25.7 Å². The second-order valence-corrected chi connectivity index (χ2v) is 4.42. The van der Waals surface area contributed by atoms with Gasteiger partial charge in [0.05, 0.1) is 19.8 Å². The van der Waals surface area contributed by atoms with Crippen LogP contribution in [0.25, 0.3) is 0 Å². The maximum absolute atomic E-state index is 8.73. The van der Waals surface area contributed by atoms with Crippen molar-refractivity contribution in [2.45, 2.75) is 31.5 Å². The Hall–Kier alpha value is -0.160. The van der Waals surface area contributed by atoms with E-state index in [-0.39, 0.29) is 5.79 Å². The van der Waals surface area contributed by atoms with Gasteiger partial charge in [-0.05, 0) is 32.4 Å². The molecule has 0 aromatic rings. The number of ether oxygens (including phenoxy) is 2. The molecule has 0 radical (unpaired) electrons. The largest absolute Gasteiger partial charge is 0.396 e. The fourth-order valence-corrected chi connectivity index (χ4v) is 2.44. The summed E-state index contributed by atoms with van der Waals surface area (Å²) in [6.45, 7) is 4.87. The second-order valence-electron chi connectivity index (χ2n) is 4.42. The molecule has 0 bridgehead atoms. The summed E-state index contributed by atoms with van der Waals surface area (Å²) in [5.74, 6) is -0.294. The molecule has 2 heterocycles. The van der Waals surface area contributed by atoms with Crippen LogP contribution in [0.2, 0.25) is 0 Å². The predicted molar refractivity (Wildman–Crippen MR) is 56.6 cm³/mol. The molecule has 0 aromatic heterocycles. The molecule has 0 atom stereocenters. The summed E-state index contributed by atoms with van der Waals surface area (Å²) in [5.41, 5.74) is 0. The molecule has 2 aliphatic rings. The summed E-state index contributed by atoms with van der Waals surface area (Å²) < 4.78 is 11.4. The molecule has 1 spiro atoms. The molecule has 2 aliphatic heterocycles. The number of hydrogen-bond donors (Lipinski definition) is 1. The van der Waals surface area contributed by atoms with E-state index in [0.29, 0.717) is 6.61 Å². The van der Waals surface area contributed by atoms with Crippen LogP contribution in [0.3, 0.4) is 0 Å². The third kappa shape index (κ3) is 2.91. The van der Waals surface area contributed by atoms with Crippen LogP contribution in [-0.2, 0) is 9.47 Å². The number of nitrogens with zero attached hydrogens (tertiary/aromatic N) is 1. The topological polar surface area (TPSA) is 41.9 Å². The van der Waals surface area contributed by atoms with E-state index >= 15 is 0 Å². The summed E-state index contributed by atoms with van der Waals surface area (Å²) in [7, 11) is 0. The van der Waals surface area contributed by atoms with Gasteiger partial charge in [-0.2, -0.15) is 0 Å². The molecule has 0 amide bonds. The van der Waals surface area contributed by atoms with Crippen LogP contribution >= 0.6 is 0 Å². The smallest absolute Gasteiger partial charge is 0.181 e. The van der Waals surface area contributed by atoms with Crippen molar-refractivity contribution in [2.75, 3.05) is 39.5 Å². The van der Waals surface area contributed by atoms with Crippen molar-refractivity contribution in [3.8, 4) is 0 Å². The van der Waals surface area contributed by atoms with Gasteiger partial charge in [-0.1, -0.05) is 0 Å². The van der Waals surface area contributed by atoms with Crippen molar-refractivity contribution in [3.05, 3.63) is 0 Å². The Balaban J connectivity index is 1.76. The molecule has 0 aromatic carbocycles. The summed E-state index contributed by atoms with van der Waals surface area (Å²) in [6.07, 6.45) is 4.14. The maximum Gasteiger partial charge on any atom is 0.181 e. The van der Waals surface area contributed by atoms with Crippen LogP contribution in [-0.4, -0.2) is 55.2 Å². The van der Waals surface area contributed by atoms with E-state index < -0.39 is 0 Å². The van der Waals surface area contributed by atoms with Gasteiger partial charge in [-0.15, -0.1) is 0 Å². The number of aliphatic hydroxyl groups excluding tert-OH is 1. The third-order valence-corrected chi connectivity index (χ3v) is 3.19.